The van der Waals surface area contributed by atoms with Crippen LogP contribution < -0.4 is 19.1 Å². The highest BCUT2D eigenvalue weighted by atomic mass is 35.5. The standard InChI is InChI=1S/C25H25Cl2N3O7S/c1-4-35-19-9-11-21(12-10-19)38(33,34)30(3)18-5-7-20(8-6-18)36-15-23(31)37-16(2)25(32)29-24-22(27)13-17(26)14-28-24/h5-14,16H,4,15H2,1-3H3,(H,28,29,32). The van der Waals surface area contributed by atoms with E-state index in [-0.39, 0.29) is 15.7 Å². The van der Waals surface area contributed by atoms with E-state index >= 15 is 0 Å². The van der Waals surface area contributed by atoms with Crippen LogP contribution in [0.4, 0.5) is 11.5 Å². The molecule has 0 saturated heterocycles. The third-order valence-corrected chi connectivity index (χ3v) is 7.37. The summed E-state index contributed by atoms with van der Waals surface area (Å²) in [5.41, 5.74) is 0.383. The number of carbonyl (C=O) groups excluding carboxylic acids is 2. The zero-order chi connectivity index (χ0) is 27.9. The number of hydrogen-bond acceptors (Lipinski definition) is 8. The number of aromatic nitrogens is 1. The van der Waals surface area contributed by atoms with Crippen LogP contribution in [0, 0.1) is 0 Å². The smallest absolute Gasteiger partial charge is 0.344 e. The first kappa shape index (κ1) is 29.0. The highest BCUT2D eigenvalue weighted by Gasteiger charge is 2.22. The van der Waals surface area contributed by atoms with Gasteiger partial charge < -0.3 is 19.5 Å². The highest BCUT2D eigenvalue weighted by molar-refractivity contribution is 7.92. The van der Waals surface area contributed by atoms with Crippen LogP contribution in [0.1, 0.15) is 13.8 Å². The molecule has 0 aliphatic carbocycles. The van der Waals surface area contributed by atoms with Crippen molar-refractivity contribution >= 4 is 56.6 Å². The number of rotatable bonds is 11. The van der Waals surface area contributed by atoms with E-state index in [0.717, 1.165) is 4.31 Å². The second-order valence-corrected chi connectivity index (χ2v) is 10.6. The molecule has 10 nitrogen and oxygen atoms in total. The van der Waals surface area contributed by atoms with Crippen LogP contribution in [-0.4, -0.2) is 51.6 Å². The van der Waals surface area contributed by atoms with E-state index in [4.69, 9.17) is 37.4 Å². The SMILES string of the molecule is CCOc1ccc(S(=O)(=O)N(C)c2ccc(OCC(=O)OC(C)C(=O)Nc3ncc(Cl)cc3Cl)cc2)cc1. The van der Waals surface area contributed by atoms with Crippen LogP contribution in [0.5, 0.6) is 11.5 Å². The molecule has 1 N–H and O–H groups in total. The minimum Gasteiger partial charge on any atom is -0.494 e. The maximum Gasteiger partial charge on any atom is 0.344 e. The molecule has 0 fully saturated rings. The first-order valence-electron chi connectivity index (χ1n) is 11.3. The van der Waals surface area contributed by atoms with Gasteiger partial charge in [0.05, 0.1) is 27.2 Å². The Hall–Kier alpha value is -3.54. The Balaban J connectivity index is 1.53. The largest absolute Gasteiger partial charge is 0.494 e. The van der Waals surface area contributed by atoms with E-state index < -0.39 is 34.6 Å². The first-order chi connectivity index (χ1) is 18.0. The van der Waals surface area contributed by atoms with Gasteiger partial charge in [-0.15, -0.1) is 0 Å². The van der Waals surface area contributed by atoms with Crippen molar-refractivity contribution in [1.82, 2.24) is 4.98 Å². The first-order valence-corrected chi connectivity index (χ1v) is 13.5. The molecule has 0 aliphatic heterocycles. The molecule has 13 heteroatoms. The summed E-state index contributed by atoms with van der Waals surface area (Å²) in [7, 11) is -2.38. The van der Waals surface area contributed by atoms with Crippen LogP contribution in [0.3, 0.4) is 0 Å². The van der Waals surface area contributed by atoms with E-state index in [1.165, 1.54) is 62.6 Å². The number of benzene rings is 2. The molecule has 1 amide bonds. The van der Waals surface area contributed by atoms with Crippen molar-refractivity contribution in [2.24, 2.45) is 0 Å². The minimum atomic E-state index is -3.81. The van der Waals surface area contributed by atoms with E-state index in [2.05, 4.69) is 10.3 Å². The molecule has 1 atom stereocenters. The molecule has 1 aromatic heterocycles. The van der Waals surface area contributed by atoms with Crippen molar-refractivity contribution in [3.63, 3.8) is 0 Å². The van der Waals surface area contributed by atoms with Gasteiger partial charge in [0.25, 0.3) is 15.9 Å². The van der Waals surface area contributed by atoms with Gasteiger partial charge >= 0.3 is 5.97 Å². The summed E-state index contributed by atoms with van der Waals surface area (Å²) in [6, 6.07) is 13.6. The van der Waals surface area contributed by atoms with E-state index in [1.807, 2.05) is 6.92 Å². The van der Waals surface area contributed by atoms with Crippen molar-refractivity contribution in [2.45, 2.75) is 24.8 Å². The quantitative estimate of drug-likeness (QED) is 0.327. The van der Waals surface area contributed by atoms with Gasteiger partial charge in [0.1, 0.15) is 11.5 Å². The maximum absolute atomic E-state index is 13.0. The summed E-state index contributed by atoms with van der Waals surface area (Å²) >= 11 is 11.8. The number of ether oxygens (including phenoxy) is 3. The average molecular weight is 582 g/mol. The van der Waals surface area contributed by atoms with Crippen LogP contribution >= 0.6 is 23.2 Å². The highest BCUT2D eigenvalue weighted by Crippen LogP contribution is 2.26. The normalized spacial score (nSPS) is 11.8. The number of amides is 1. The second-order valence-electron chi connectivity index (χ2n) is 7.76. The molecule has 38 heavy (non-hydrogen) atoms. The number of esters is 1. The fourth-order valence-electron chi connectivity index (χ4n) is 3.08. The molecule has 3 rings (SSSR count). The molecule has 0 bridgehead atoms. The lowest BCUT2D eigenvalue weighted by molar-refractivity contribution is -0.155. The Morgan fingerprint density at radius 3 is 2.24 bits per heavy atom. The molecule has 0 aliphatic rings. The second kappa shape index (κ2) is 12.8. The van der Waals surface area contributed by atoms with Crippen LogP contribution in [0.2, 0.25) is 10.0 Å². The van der Waals surface area contributed by atoms with Gasteiger partial charge in [-0.3, -0.25) is 9.10 Å². The Labute approximate surface area is 230 Å². The van der Waals surface area contributed by atoms with Crippen molar-refractivity contribution < 1.29 is 32.2 Å². The summed E-state index contributed by atoms with van der Waals surface area (Å²) in [6.07, 6.45) is 0.162. The number of sulfonamides is 1. The van der Waals surface area contributed by atoms with Gasteiger partial charge in [-0.05, 0) is 68.4 Å². The monoisotopic (exact) mass is 581 g/mol. The molecular weight excluding hydrogens is 557 g/mol. The van der Waals surface area contributed by atoms with Crippen LogP contribution in [0.25, 0.3) is 0 Å². The molecule has 1 heterocycles. The van der Waals surface area contributed by atoms with Crippen molar-refractivity contribution in [1.29, 1.82) is 0 Å². The zero-order valence-corrected chi connectivity index (χ0v) is 23.0. The van der Waals surface area contributed by atoms with E-state index in [9.17, 15) is 18.0 Å². The molecule has 0 saturated carbocycles. The van der Waals surface area contributed by atoms with Gasteiger partial charge in [-0.2, -0.15) is 0 Å². The summed E-state index contributed by atoms with van der Waals surface area (Å²) < 4.78 is 42.9. The van der Waals surface area contributed by atoms with Crippen molar-refractivity contribution in [2.75, 3.05) is 29.9 Å². The minimum absolute atomic E-state index is 0.0785. The maximum atomic E-state index is 13.0. The lowest BCUT2D eigenvalue weighted by atomic mass is 10.3. The molecular formula is C25H25Cl2N3O7S. The van der Waals surface area contributed by atoms with Crippen molar-refractivity contribution in [3.8, 4) is 11.5 Å². The Morgan fingerprint density at radius 2 is 1.63 bits per heavy atom. The van der Waals surface area contributed by atoms with Crippen molar-refractivity contribution in [3.05, 3.63) is 70.8 Å². The molecule has 3 aromatic rings. The topological polar surface area (TPSA) is 124 Å². The van der Waals surface area contributed by atoms with E-state index in [1.54, 1.807) is 12.1 Å². The predicted molar refractivity (Wildman–Crippen MR) is 144 cm³/mol. The number of pyridine rings is 1. The molecule has 1 unspecified atom stereocenters. The summed E-state index contributed by atoms with van der Waals surface area (Å²) in [6.45, 7) is 3.22. The molecule has 202 valence electrons. The molecule has 0 radical (unpaired) electrons. The van der Waals surface area contributed by atoms with Crippen LogP contribution in [0.15, 0.2) is 65.7 Å². The summed E-state index contributed by atoms with van der Waals surface area (Å²) in [5, 5.41) is 2.88. The number of nitrogens with zero attached hydrogens (tertiary/aromatic N) is 2. The fraction of sp³-hybridized carbons (Fsp3) is 0.240. The van der Waals surface area contributed by atoms with Gasteiger partial charge in [-0.1, -0.05) is 23.2 Å². The Morgan fingerprint density at radius 1 is 1.03 bits per heavy atom. The average Bonchev–Trinajstić information content (AvgIpc) is 2.89. The molecule has 2 aromatic carbocycles. The number of halogens is 2. The number of anilines is 2. The molecule has 0 spiro atoms. The third kappa shape index (κ3) is 7.50. The lowest BCUT2D eigenvalue weighted by Gasteiger charge is -2.20. The zero-order valence-electron chi connectivity index (χ0n) is 20.7. The van der Waals surface area contributed by atoms with E-state index in [0.29, 0.717) is 28.8 Å². The number of hydrogen-bond donors (Lipinski definition) is 1. The van der Waals surface area contributed by atoms with Gasteiger partial charge in [0.15, 0.2) is 18.5 Å². The Bertz CT molecular complexity index is 1390. The van der Waals surface area contributed by atoms with Crippen LogP contribution in [-0.2, 0) is 24.3 Å². The third-order valence-electron chi connectivity index (χ3n) is 5.08. The van der Waals surface area contributed by atoms with Gasteiger partial charge in [0.2, 0.25) is 0 Å². The Kier molecular flexibility index (Phi) is 9.78. The van der Waals surface area contributed by atoms with Gasteiger partial charge in [-0.25, -0.2) is 18.2 Å². The number of nitrogens with one attached hydrogen (secondary N) is 1. The fourth-order valence-corrected chi connectivity index (χ4v) is 4.70. The number of carbonyl (C=O) groups is 2. The van der Waals surface area contributed by atoms with Gasteiger partial charge in [0, 0.05) is 13.2 Å². The summed E-state index contributed by atoms with van der Waals surface area (Å²) in [5.74, 6) is -0.480. The predicted octanol–water partition coefficient (Wildman–Crippen LogP) is 4.56. The lowest BCUT2D eigenvalue weighted by Crippen LogP contribution is -2.32. The summed E-state index contributed by atoms with van der Waals surface area (Å²) in [4.78, 5) is 28.4.